The van der Waals surface area contributed by atoms with E-state index in [0.717, 1.165) is 17.7 Å². The summed E-state index contributed by atoms with van der Waals surface area (Å²) in [7, 11) is 1.49. The van der Waals surface area contributed by atoms with Crippen molar-refractivity contribution in [3.05, 3.63) is 34.2 Å². The number of aromatic nitrogens is 1. The summed E-state index contributed by atoms with van der Waals surface area (Å²) >= 11 is 6.29. The average Bonchev–Trinajstić information content (AvgIpc) is 2.30. The zero-order chi connectivity index (χ0) is 12.6. The number of hydrogen-bond acceptors (Lipinski definition) is 2. The Labute approximate surface area is 104 Å². The Morgan fingerprint density at radius 3 is 2.71 bits per heavy atom. The molecule has 90 valence electrons. The van der Waals surface area contributed by atoms with Gasteiger partial charge in [0.05, 0.1) is 12.1 Å². The molecule has 0 saturated carbocycles. The van der Waals surface area contributed by atoms with Crippen LogP contribution in [0.25, 0.3) is 10.9 Å². The van der Waals surface area contributed by atoms with Gasteiger partial charge in [-0.05, 0) is 25.0 Å². The molecule has 0 atom stereocenters. The number of pyridine rings is 1. The van der Waals surface area contributed by atoms with Gasteiger partial charge >= 0.3 is 0 Å². The largest absolute Gasteiger partial charge is 0.494 e. The molecule has 0 aliphatic rings. The Morgan fingerprint density at radius 2 is 2.12 bits per heavy atom. The van der Waals surface area contributed by atoms with Gasteiger partial charge in [-0.15, -0.1) is 0 Å². The van der Waals surface area contributed by atoms with E-state index in [1.807, 2.05) is 13.8 Å². The molecule has 0 N–H and O–H groups in total. The van der Waals surface area contributed by atoms with Crippen LogP contribution in [0.15, 0.2) is 12.1 Å². The smallest absolute Gasteiger partial charge is 0.148 e. The van der Waals surface area contributed by atoms with Crippen LogP contribution >= 0.6 is 11.6 Å². The van der Waals surface area contributed by atoms with Gasteiger partial charge in [0.1, 0.15) is 17.1 Å². The first-order valence-corrected chi connectivity index (χ1v) is 5.78. The number of fused-ring (bicyclic) bond motifs is 1. The van der Waals surface area contributed by atoms with Gasteiger partial charge in [-0.2, -0.15) is 0 Å². The van der Waals surface area contributed by atoms with Crippen molar-refractivity contribution >= 4 is 22.5 Å². The highest BCUT2D eigenvalue weighted by atomic mass is 35.5. The molecule has 0 aliphatic heterocycles. The fourth-order valence-corrected chi connectivity index (χ4v) is 2.39. The molecule has 17 heavy (non-hydrogen) atoms. The lowest BCUT2D eigenvalue weighted by Gasteiger charge is -2.11. The summed E-state index contributed by atoms with van der Waals surface area (Å²) in [4.78, 5) is 4.44. The van der Waals surface area contributed by atoms with Crippen LogP contribution in [0.5, 0.6) is 5.75 Å². The maximum Gasteiger partial charge on any atom is 0.148 e. The van der Waals surface area contributed by atoms with Crippen molar-refractivity contribution in [3.8, 4) is 5.75 Å². The number of rotatable bonds is 2. The van der Waals surface area contributed by atoms with E-state index in [4.69, 9.17) is 16.3 Å². The van der Waals surface area contributed by atoms with Crippen molar-refractivity contribution in [1.82, 2.24) is 4.98 Å². The van der Waals surface area contributed by atoms with Crippen LogP contribution in [0.3, 0.4) is 0 Å². The predicted molar refractivity (Wildman–Crippen MR) is 67.4 cm³/mol. The summed E-state index contributed by atoms with van der Waals surface area (Å²) < 4.78 is 18.6. The van der Waals surface area contributed by atoms with Gasteiger partial charge in [0.15, 0.2) is 0 Å². The van der Waals surface area contributed by atoms with Crippen molar-refractivity contribution in [1.29, 1.82) is 0 Å². The fraction of sp³-hybridized carbons (Fsp3) is 0.308. The summed E-state index contributed by atoms with van der Waals surface area (Å²) in [5.41, 5.74) is 2.41. The molecule has 4 heteroatoms. The maximum absolute atomic E-state index is 13.4. The summed E-state index contributed by atoms with van der Waals surface area (Å²) in [6.07, 6.45) is 0.770. The minimum atomic E-state index is -0.371. The fourth-order valence-electron chi connectivity index (χ4n) is 1.98. The lowest BCUT2D eigenvalue weighted by molar-refractivity contribution is 0.415. The highest BCUT2D eigenvalue weighted by Gasteiger charge is 2.14. The molecule has 2 nitrogen and oxygen atoms in total. The molecule has 2 aromatic rings. The van der Waals surface area contributed by atoms with E-state index in [1.54, 1.807) is 0 Å². The number of methoxy groups -OCH3 is 1. The van der Waals surface area contributed by atoms with E-state index in [9.17, 15) is 4.39 Å². The zero-order valence-electron chi connectivity index (χ0n) is 9.97. The summed E-state index contributed by atoms with van der Waals surface area (Å²) in [6.45, 7) is 3.89. The standard InChI is InChI=1S/C13H13ClFNO/c1-4-9-7(2)16-13-10(12(9)14)5-8(15)6-11(13)17-3/h5-6H,4H2,1-3H3. The maximum atomic E-state index is 13.4. The van der Waals surface area contributed by atoms with Crippen molar-refractivity contribution in [2.75, 3.05) is 7.11 Å². The van der Waals surface area contributed by atoms with E-state index in [1.165, 1.54) is 19.2 Å². The van der Waals surface area contributed by atoms with Crippen LogP contribution < -0.4 is 4.74 Å². The van der Waals surface area contributed by atoms with Crippen molar-refractivity contribution in [2.24, 2.45) is 0 Å². The third-order valence-electron chi connectivity index (χ3n) is 2.83. The first-order valence-electron chi connectivity index (χ1n) is 5.40. The molecule has 0 spiro atoms. The molecule has 0 bridgehead atoms. The van der Waals surface area contributed by atoms with Gasteiger partial charge in [0.25, 0.3) is 0 Å². The second-order valence-electron chi connectivity index (χ2n) is 3.85. The molecule has 0 unspecified atom stereocenters. The van der Waals surface area contributed by atoms with Gasteiger partial charge in [0, 0.05) is 17.1 Å². The Morgan fingerprint density at radius 1 is 1.41 bits per heavy atom. The van der Waals surface area contributed by atoms with Crippen LogP contribution in [-0.2, 0) is 6.42 Å². The van der Waals surface area contributed by atoms with Gasteiger partial charge in [-0.25, -0.2) is 9.37 Å². The quantitative estimate of drug-likeness (QED) is 0.810. The highest BCUT2D eigenvalue weighted by Crippen LogP contribution is 2.34. The Balaban J connectivity index is 2.90. The van der Waals surface area contributed by atoms with E-state index >= 15 is 0 Å². The van der Waals surface area contributed by atoms with Crippen LogP contribution in [0.4, 0.5) is 4.39 Å². The molecule has 1 aromatic heterocycles. The SMILES string of the molecule is CCc1c(C)nc2c(OC)cc(F)cc2c1Cl. The second kappa shape index (κ2) is 4.49. The van der Waals surface area contributed by atoms with Gasteiger partial charge in [0.2, 0.25) is 0 Å². The molecule has 0 amide bonds. The van der Waals surface area contributed by atoms with Crippen LogP contribution in [0, 0.1) is 12.7 Å². The van der Waals surface area contributed by atoms with E-state index in [0.29, 0.717) is 21.7 Å². The molecule has 2 rings (SSSR count). The Hall–Kier alpha value is -1.35. The molecular formula is C13H13ClFNO. The normalized spacial score (nSPS) is 10.9. The number of hydrogen-bond donors (Lipinski definition) is 0. The molecule has 0 radical (unpaired) electrons. The van der Waals surface area contributed by atoms with E-state index < -0.39 is 0 Å². The van der Waals surface area contributed by atoms with Crippen LogP contribution in [0.1, 0.15) is 18.2 Å². The number of benzene rings is 1. The van der Waals surface area contributed by atoms with Crippen LogP contribution in [0.2, 0.25) is 5.02 Å². The van der Waals surface area contributed by atoms with Gasteiger partial charge in [-0.3, -0.25) is 0 Å². The molecule has 0 fully saturated rings. The average molecular weight is 254 g/mol. The molecular weight excluding hydrogens is 241 g/mol. The Bertz CT molecular complexity index is 583. The van der Waals surface area contributed by atoms with E-state index in [2.05, 4.69) is 4.98 Å². The summed E-state index contributed by atoms with van der Waals surface area (Å²) in [5, 5.41) is 1.17. The lowest BCUT2D eigenvalue weighted by atomic mass is 10.1. The number of nitrogens with zero attached hydrogens (tertiary/aromatic N) is 1. The van der Waals surface area contributed by atoms with Gasteiger partial charge in [-0.1, -0.05) is 18.5 Å². The summed E-state index contributed by atoms with van der Waals surface area (Å²) in [6, 6.07) is 2.71. The number of halogens is 2. The summed E-state index contributed by atoms with van der Waals surface area (Å²) in [5.74, 6) is 0.0385. The van der Waals surface area contributed by atoms with Crippen molar-refractivity contribution in [3.63, 3.8) is 0 Å². The first kappa shape index (κ1) is 12.1. The highest BCUT2D eigenvalue weighted by molar-refractivity contribution is 6.36. The number of ether oxygens (including phenoxy) is 1. The molecule has 1 aromatic carbocycles. The topological polar surface area (TPSA) is 22.1 Å². The van der Waals surface area contributed by atoms with Crippen molar-refractivity contribution < 1.29 is 9.13 Å². The minimum absolute atomic E-state index is 0.371. The first-order chi connectivity index (χ1) is 8.08. The second-order valence-corrected chi connectivity index (χ2v) is 4.23. The molecule has 0 saturated heterocycles. The lowest BCUT2D eigenvalue weighted by Crippen LogP contribution is -1.97. The van der Waals surface area contributed by atoms with Crippen molar-refractivity contribution in [2.45, 2.75) is 20.3 Å². The molecule has 1 heterocycles. The molecule has 0 aliphatic carbocycles. The third kappa shape index (κ3) is 1.95. The van der Waals surface area contributed by atoms with Gasteiger partial charge < -0.3 is 4.74 Å². The number of aryl methyl sites for hydroxylation is 1. The minimum Gasteiger partial charge on any atom is -0.494 e. The Kier molecular flexibility index (Phi) is 3.20. The third-order valence-corrected chi connectivity index (χ3v) is 3.26. The van der Waals surface area contributed by atoms with E-state index in [-0.39, 0.29) is 5.82 Å². The van der Waals surface area contributed by atoms with Crippen LogP contribution in [-0.4, -0.2) is 12.1 Å². The monoisotopic (exact) mass is 253 g/mol. The predicted octanol–water partition coefficient (Wildman–Crippen LogP) is 3.91. The zero-order valence-corrected chi connectivity index (χ0v) is 10.7.